The highest BCUT2D eigenvalue weighted by Gasteiger charge is 2.22. The first-order valence-corrected chi connectivity index (χ1v) is 23.6. The van der Waals surface area contributed by atoms with E-state index in [2.05, 4.69) is 107 Å². The highest BCUT2D eigenvalue weighted by atomic mass is 15.0. The molecular weight excluding hydrogens is 885 g/mol. The van der Waals surface area contributed by atoms with E-state index >= 15 is 0 Å². The van der Waals surface area contributed by atoms with Crippen molar-refractivity contribution in [3.8, 4) is 90.6 Å². The summed E-state index contributed by atoms with van der Waals surface area (Å²) in [4.78, 5) is 49.6. The minimum Gasteiger partial charge on any atom is -0.265 e. The van der Waals surface area contributed by atoms with Crippen molar-refractivity contribution in [2.45, 2.75) is 0 Å². The highest BCUT2D eigenvalue weighted by molar-refractivity contribution is 6.27. The Balaban J connectivity index is 0.974. The van der Waals surface area contributed by atoms with Gasteiger partial charge in [0.15, 0.2) is 34.9 Å². The number of fused-ring (bicyclic) bond motifs is 2. The maximum absolute atomic E-state index is 5.30. The summed E-state index contributed by atoms with van der Waals surface area (Å²) in [6.07, 6.45) is 10.8. The molecule has 14 rings (SSSR count). The largest absolute Gasteiger partial charge is 0.265 e. The maximum Gasteiger partial charge on any atom is 0.166 e. The van der Waals surface area contributed by atoms with Gasteiger partial charge in [0, 0.05) is 81.3 Å². The van der Waals surface area contributed by atoms with Crippen LogP contribution < -0.4 is 0 Å². The summed E-state index contributed by atoms with van der Waals surface area (Å²) in [6, 6.07) is 62.2. The van der Waals surface area contributed by atoms with Crippen LogP contribution in [0.4, 0.5) is 0 Å². The molecule has 0 N–H and O–H groups in total. The van der Waals surface area contributed by atoms with Crippen molar-refractivity contribution in [2.75, 3.05) is 0 Å². The molecule has 10 heteroatoms. The second kappa shape index (κ2) is 16.9. The number of hydrogen-bond acceptors (Lipinski definition) is 10. The van der Waals surface area contributed by atoms with Gasteiger partial charge < -0.3 is 0 Å². The molecule has 6 aromatic heterocycles. The van der Waals surface area contributed by atoms with Crippen LogP contribution in [0.3, 0.4) is 0 Å². The molecule has 0 spiro atoms. The molecule has 0 aliphatic rings. The third-order valence-electron chi connectivity index (χ3n) is 13.4. The topological polar surface area (TPSA) is 129 Å². The zero-order chi connectivity index (χ0) is 47.5. The molecule has 0 aliphatic heterocycles. The van der Waals surface area contributed by atoms with E-state index in [1.165, 1.54) is 0 Å². The van der Waals surface area contributed by atoms with Gasteiger partial charge in [0.1, 0.15) is 0 Å². The Morgan fingerprint density at radius 3 is 1.07 bits per heavy atom. The van der Waals surface area contributed by atoms with Crippen LogP contribution in [-0.2, 0) is 0 Å². The van der Waals surface area contributed by atoms with E-state index in [1.807, 2.05) is 97.3 Å². The van der Waals surface area contributed by atoms with Gasteiger partial charge in [-0.1, -0.05) is 109 Å². The average Bonchev–Trinajstić information content (AvgIpc) is 3.46. The lowest BCUT2D eigenvalue weighted by Gasteiger charge is -2.17. The quantitative estimate of drug-likeness (QED) is 0.136. The zero-order valence-electron chi connectivity index (χ0n) is 38.3. The highest BCUT2D eigenvalue weighted by Crippen LogP contribution is 2.43. The lowest BCUT2D eigenvalue weighted by atomic mass is 9.89. The van der Waals surface area contributed by atoms with Crippen molar-refractivity contribution >= 4 is 54.1 Å². The van der Waals surface area contributed by atoms with Crippen LogP contribution in [0.25, 0.3) is 145 Å². The lowest BCUT2D eigenvalue weighted by Crippen LogP contribution is -2.02. The van der Waals surface area contributed by atoms with Crippen LogP contribution in [0.1, 0.15) is 0 Å². The minimum atomic E-state index is 0.538. The Bertz CT molecular complexity index is 4120. The second-order valence-corrected chi connectivity index (χ2v) is 17.7. The molecule has 0 unspecified atom stereocenters. The molecule has 334 valence electrons. The Morgan fingerprint density at radius 1 is 0.236 bits per heavy atom. The van der Waals surface area contributed by atoms with Crippen LogP contribution in [0, 0.1) is 0 Å². The molecule has 72 heavy (non-hydrogen) atoms. The first kappa shape index (κ1) is 41.0. The molecule has 14 aromatic rings. The van der Waals surface area contributed by atoms with Gasteiger partial charge in [0.25, 0.3) is 0 Å². The van der Waals surface area contributed by atoms with E-state index in [0.29, 0.717) is 34.9 Å². The molecule has 0 atom stereocenters. The summed E-state index contributed by atoms with van der Waals surface area (Å²) in [5.41, 5.74) is 11.0. The van der Waals surface area contributed by atoms with Crippen LogP contribution in [0.5, 0.6) is 0 Å². The number of benzene rings is 8. The van der Waals surface area contributed by atoms with Crippen molar-refractivity contribution in [3.63, 3.8) is 0 Å². The first-order valence-electron chi connectivity index (χ1n) is 23.6. The number of aromatic nitrogens is 10. The monoisotopic (exact) mass is 920 g/mol. The predicted octanol–water partition coefficient (Wildman–Crippen LogP) is 14.2. The van der Waals surface area contributed by atoms with Crippen molar-refractivity contribution in [2.24, 2.45) is 0 Å². The summed E-state index contributed by atoms with van der Waals surface area (Å²) in [5.74, 6) is 3.30. The normalized spacial score (nSPS) is 11.6. The molecule has 8 aromatic carbocycles. The molecule has 6 heterocycles. The molecule has 0 saturated heterocycles. The van der Waals surface area contributed by atoms with Crippen molar-refractivity contribution in [1.29, 1.82) is 0 Å². The van der Waals surface area contributed by atoms with Gasteiger partial charge in [-0.05, 0) is 127 Å². The molecule has 0 radical (unpaired) electrons. The fourth-order valence-electron chi connectivity index (χ4n) is 10.0. The van der Waals surface area contributed by atoms with Crippen molar-refractivity contribution < 1.29 is 0 Å². The Kier molecular flexibility index (Phi) is 9.59. The van der Waals surface area contributed by atoms with Crippen LogP contribution in [0.15, 0.2) is 219 Å². The molecule has 0 aliphatic carbocycles. The van der Waals surface area contributed by atoms with Crippen LogP contribution >= 0.6 is 0 Å². The second-order valence-electron chi connectivity index (χ2n) is 17.7. The first-order chi connectivity index (χ1) is 35.7. The number of pyridine rings is 4. The third kappa shape index (κ3) is 7.04. The van der Waals surface area contributed by atoms with Crippen LogP contribution in [-0.4, -0.2) is 49.8 Å². The molecule has 0 bridgehead atoms. The SMILES string of the molecule is c1cc(-c2ccncc2)cc(-c2nc(-c3ccc4ccc5c(-c6nc(-c7cccc(-c8ccncc8)c7)nc(-c7cccc8cccnc78)n6)ccc6ccc3c4c65)nc(-c3cccc4cccnc34)n2)c1. The van der Waals surface area contributed by atoms with Crippen molar-refractivity contribution in [3.05, 3.63) is 219 Å². The summed E-state index contributed by atoms with van der Waals surface area (Å²) in [7, 11) is 0. The Morgan fingerprint density at radius 2 is 0.611 bits per heavy atom. The fourth-order valence-corrected chi connectivity index (χ4v) is 10.0. The third-order valence-corrected chi connectivity index (χ3v) is 13.4. The van der Waals surface area contributed by atoms with E-state index in [0.717, 1.165) is 110 Å². The van der Waals surface area contributed by atoms with Gasteiger partial charge in [-0.3, -0.25) is 19.9 Å². The summed E-state index contributed by atoms with van der Waals surface area (Å²) in [5, 5.41) is 8.40. The molecule has 0 fully saturated rings. The molecule has 0 saturated carbocycles. The lowest BCUT2D eigenvalue weighted by molar-refractivity contribution is 1.08. The number of para-hydroxylation sites is 2. The van der Waals surface area contributed by atoms with Gasteiger partial charge in [-0.2, -0.15) is 0 Å². The van der Waals surface area contributed by atoms with E-state index in [1.54, 1.807) is 24.8 Å². The van der Waals surface area contributed by atoms with E-state index in [-0.39, 0.29) is 0 Å². The van der Waals surface area contributed by atoms with Gasteiger partial charge >= 0.3 is 0 Å². The molecular formula is C62H36N10. The number of hydrogen-bond donors (Lipinski definition) is 0. The van der Waals surface area contributed by atoms with Crippen molar-refractivity contribution in [1.82, 2.24) is 49.8 Å². The van der Waals surface area contributed by atoms with E-state index < -0.39 is 0 Å². The van der Waals surface area contributed by atoms with Gasteiger partial charge in [-0.25, -0.2) is 29.9 Å². The van der Waals surface area contributed by atoms with E-state index in [9.17, 15) is 0 Å². The Labute approximate surface area is 411 Å². The predicted molar refractivity (Wildman–Crippen MR) is 287 cm³/mol. The van der Waals surface area contributed by atoms with Gasteiger partial charge in [0.05, 0.1) is 11.0 Å². The minimum absolute atomic E-state index is 0.538. The zero-order valence-corrected chi connectivity index (χ0v) is 38.3. The number of nitrogens with zero attached hydrogens (tertiary/aromatic N) is 10. The summed E-state index contributed by atoms with van der Waals surface area (Å²) in [6.45, 7) is 0. The molecule has 10 nitrogen and oxygen atoms in total. The van der Waals surface area contributed by atoms with Crippen LogP contribution in [0.2, 0.25) is 0 Å². The summed E-state index contributed by atoms with van der Waals surface area (Å²) < 4.78 is 0. The smallest absolute Gasteiger partial charge is 0.166 e. The average molecular weight is 921 g/mol. The standard InChI is InChI=1S/C62H36N10/c1-9-43(37-25-31-63-32-26-37)35-45(11-1)57-67-59(71-61(69-57)51-15-3-7-41-13-5-29-65-55(41)51)49-23-19-39-18-22-48-50(24-20-40-17-21-47(49)53(39)54(40)48)60-68-58(46-12-2-10-44(36-46)38-27-33-64-34-28-38)70-62(72-60)52-16-4-8-42-14-6-30-66-56(42)52/h1-36H. The van der Waals surface area contributed by atoms with E-state index in [4.69, 9.17) is 39.9 Å². The summed E-state index contributed by atoms with van der Waals surface area (Å²) >= 11 is 0. The maximum atomic E-state index is 5.30. The fraction of sp³-hybridized carbons (Fsp3) is 0. The van der Waals surface area contributed by atoms with Gasteiger partial charge in [0.2, 0.25) is 0 Å². The Hall–Kier alpha value is -10.1. The van der Waals surface area contributed by atoms with Gasteiger partial charge in [-0.15, -0.1) is 0 Å². The number of rotatable bonds is 8. The molecule has 0 amide bonds.